The second-order valence-corrected chi connectivity index (χ2v) is 6.91. The maximum atomic E-state index is 5.57. The third kappa shape index (κ3) is 3.96. The summed E-state index contributed by atoms with van der Waals surface area (Å²) in [5.74, 6) is 1.53. The predicted molar refractivity (Wildman–Crippen MR) is 94.7 cm³/mol. The molecule has 0 aliphatic carbocycles. The highest BCUT2D eigenvalue weighted by molar-refractivity contribution is 5.59. The highest BCUT2D eigenvalue weighted by atomic mass is 16.5. The van der Waals surface area contributed by atoms with Crippen molar-refractivity contribution in [3.05, 3.63) is 54.3 Å². The van der Waals surface area contributed by atoms with Crippen LogP contribution in [0.1, 0.15) is 24.2 Å². The van der Waals surface area contributed by atoms with Gasteiger partial charge in [0.1, 0.15) is 18.3 Å². The van der Waals surface area contributed by atoms with E-state index >= 15 is 0 Å². The molecule has 0 bridgehead atoms. The Labute approximate surface area is 147 Å². The van der Waals surface area contributed by atoms with Gasteiger partial charge in [-0.25, -0.2) is 4.98 Å². The molecule has 0 amide bonds. The maximum Gasteiger partial charge on any atom is 0.151 e. The first-order chi connectivity index (χ1) is 12.3. The molecule has 6 nitrogen and oxygen atoms in total. The molecule has 1 aromatic carbocycles. The van der Waals surface area contributed by atoms with Gasteiger partial charge in [-0.3, -0.25) is 9.58 Å². The van der Waals surface area contributed by atoms with Crippen molar-refractivity contribution >= 4 is 0 Å². The van der Waals surface area contributed by atoms with E-state index in [1.165, 1.54) is 18.4 Å². The van der Waals surface area contributed by atoms with Crippen LogP contribution in [0.5, 0.6) is 0 Å². The van der Waals surface area contributed by atoms with Crippen molar-refractivity contribution in [2.75, 3.05) is 13.1 Å². The quantitative estimate of drug-likeness (QED) is 0.716. The van der Waals surface area contributed by atoms with Crippen molar-refractivity contribution in [3.8, 4) is 11.3 Å². The number of hydrogen-bond donors (Lipinski definition) is 0. The molecular weight excluding hydrogens is 314 g/mol. The molecule has 1 atom stereocenters. The zero-order valence-electron chi connectivity index (χ0n) is 14.5. The Morgan fingerprint density at radius 3 is 2.92 bits per heavy atom. The van der Waals surface area contributed by atoms with E-state index in [0.717, 1.165) is 43.2 Å². The van der Waals surface area contributed by atoms with Gasteiger partial charge in [-0.15, -0.1) is 0 Å². The Morgan fingerprint density at radius 2 is 2.12 bits per heavy atom. The SMILES string of the molecule is Cc1ccc(-c2cc(CN3CCC[C@@H](Cn4cncn4)C3)on2)cc1. The molecule has 6 heteroatoms. The summed E-state index contributed by atoms with van der Waals surface area (Å²) in [4.78, 5) is 6.48. The molecule has 0 radical (unpaired) electrons. The van der Waals surface area contributed by atoms with Crippen LogP contribution in [0.4, 0.5) is 0 Å². The third-order valence-corrected chi connectivity index (χ3v) is 4.80. The van der Waals surface area contributed by atoms with Crippen molar-refractivity contribution in [1.29, 1.82) is 0 Å². The first-order valence-corrected chi connectivity index (χ1v) is 8.84. The third-order valence-electron chi connectivity index (χ3n) is 4.80. The number of aromatic nitrogens is 4. The lowest BCUT2D eigenvalue weighted by atomic mass is 9.98. The second-order valence-electron chi connectivity index (χ2n) is 6.91. The lowest BCUT2D eigenvalue weighted by Crippen LogP contribution is -2.36. The number of nitrogens with zero attached hydrogens (tertiary/aromatic N) is 5. The summed E-state index contributed by atoms with van der Waals surface area (Å²) in [5, 5.41) is 8.46. The van der Waals surface area contributed by atoms with Crippen LogP contribution in [0.25, 0.3) is 11.3 Å². The number of benzene rings is 1. The van der Waals surface area contributed by atoms with Gasteiger partial charge in [-0.2, -0.15) is 5.10 Å². The first-order valence-electron chi connectivity index (χ1n) is 8.84. The highest BCUT2D eigenvalue weighted by Crippen LogP contribution is 2.23. The van der Waals surface area contributed by atoms with Crippen LogP contribution in [0.15, 0.2) is 47.5 Å². The molecule has 0 unspecified atom stereocenters. The van der Waals surface area contributed by atoms with E-state index in [1.807, 2.05) is 4.68 Å². The normalized spacial score (nSPS) is 18.5. The summed E-state index contributed by atoms with van der Waals surface area (Å²) in [6, 6.07) is 10.4. The van der Waals surface area contributed by atoms with Crippen LogP contribution < -0.4 is 0 Å². The van der Waals surface area contributed by atoms with Gasteiger partial charge in [-0.1, -0.05) is 35.0 Å². The fourth-order valence-electron chi connectivity index (χ4n) is 3.50. The second kappa shape index (κ2) is 7.19. The summed E-state index contributed by atoms with van der Waals surface area (Å²) in [6.07, 6.45) is 5.84. The van der Waals surface area contributed by atoms with Crippen LogP contribution in [0.2, 0.25) is 0 Å². The molecule has 0 saturated carbocycles. The number of rotatable bonds is 5. The van der Waals surface area contributed by atoms with Gasteiger partial charge in [-0.05, 0) is 32.2 Å². The van der Waals surface area contributed by atoms with Gasteiger partial charge in [0, 0.05) is 24.7 Å². The van der Waals surface area contributed by atoms with Crippen molar-refractivity contribution in [1.82, 2.24) is 24.8 Å². The summed E-state index contributed by atoms with van der Waals surface area (Å²) in [6.45, 7) is 5.99. The van der Waals surface area contributed by atoms with Crippen LogP contribution in [0, 0.1) is 12.8 Å². The van der Waals surface area contributed by atoms with E-state index in [4.69, 9.17) is 4.52 Å². The van der Waals surface area contributed by atoms with E-state index in [2.05, 4.69) is 57.4 Å². The lowest BCUT2D eigenvalue weighted by Gasteiger charge is -2.31. The molecule has 0 N–H and O–H groups in total. The summed E-state index contributed by atoms with van der Waals surface area (Å²) < 4.78 is 7.50. The molecule has 1 aliphatic rings. The molecule has 0 spiro atoms. The smallest absolute Gasteiger partial charge is 0.151 e. The molecule has 1 aliphatic heterocycles. The molecular formula is C19H23N5O. The molecule has 1 saturated heterocycles. The van der Waals surface area contributed by atoms with Crippen LogP contribution in [0.3, 0.4) is 0 Å². The standard InChI is InChI=1S/C19H23N5O/c1-15-4-6-17(7-5-15)19-9-18(25-22-19)12-23-8-2-3-16(10-23)11-24-14-20-13-21-24/h4-7,9,13-14,16H,2-3,8,10-12H2,1H3/t16-/m1/s1. The van der Waals surface area contributed by atoms with Gasteiger partial charge >= 0.3 is 0 Å². The fourth-order valence-corrected chi connectivity index (χ4v) is 3.50. The van der Waals surface area contributed by atoms with Crippen molar-refractivity contribution in [2.45, 2.75) is 32.9 Å². The lowest BCUT2D eigenvalue weighted by molar-refractivity contribution is 0.140. The van der Waals surface area contributed by atoms with Crippen molar-refractivity contribution in [2.24, 2.45) is 5.92 Å². The Balaban J connectivity index is 1.37. The summed E-state index contributed by atoms with van der Waals surface area (Å²) in [5.41, 5.74) is 3.26. The number of likely N-dealkylation sites (tertiary alicyclic amines) is 1. The first kappa shape index (κ1) is 16.0. The average Bonchev–Trinajstić information content (AvgIpc) is 3.28. The van der Waals surface area contributed by atoms with E-state index in [1.54, 1.807) is 12.7 Å². The zero-order valence-corrected chi connectivity index (χ0v) is 14.5. The summed E-state index contributed by atoms with van der Waals surface area (Å²) in [7, 11) is 0. The Hall–Kier alpha value is -2.47. The Bertz CT molecular complexity index is 794. The molecule has 25 heavy (non-hydrogen) atoms. The van der Waals surface area contributed by atoms with E-state index < -0.39 is 0 Å². The molecule has 3 heterocycles. The van der Waals surface area contributed by atoms with E-state index in [9.17, 15) is 0 Å². The van der Waals surface area contributed by atoms with E-state index in [0.29, 0.717) is 5.92 Å². The van der Waals surface area contributed by atoms with Crippen molar-refractivity contribution in [3.63, 3.8) is 0 Å². The summed E-state index contributed by atoms with van der Waals surface area (Å²) >= 11 is 0. The van der Waals surface area contributed by atoms with Gasteiger partial charge < -0.3 is 4.52 Å². The minimum Gasteiger partial charge on any atom is -0.359 e. The zero-order chi connectivity index (χ0) is 17.1. The van der Waals surface area contributed by atoms with Crippen LogP contribution >= 0.6 is 0 Å². The molecule has 130 valence electrons. The number of aryl methyl sites for hydroxylation is 1. The topological polar surface area (TPSA) is 60.0 Å². The highest BCUT2D eigenvalue weighted by Gasteiger charge is 2.22. The minimum atomic E-state index is 0.606. The van der Waals surface area contributed by atoms with Gasteiger partial charge in [0.15, 0.2) is 5.76 Å². The fraction of sp³-hybridized carbons (Fsp3) is 0.421. The van der Waals surface area contributed by atoms with Gasteiger partial charge in [0.2, 0.25) is 0 Å². The van der Waals surface area contributed by atoms with Gasteiger partial charge in [0.25, 0.3) is 0 Å². The van der Waals surface area contributed by atoms with E-state index in [-0.39, 0.29) is 0 Å². The number of hydrogen-bond acceptors (Lipinski definition) is 5. The van der Waals surface area contributed by atoms with Crippen LogP contribution in [-0.2, 0) is 13.1 Å². The monoisotopic (exact) mass is 337 g/mol. The minimum absolute atomic E-state index is 0.606. The Morgan fingerprint density at radius 1 is 1.24 bits per heavy atom. The van der Waals surface area contributed by atoms with Crippen molar-refractivity contribution < 1.29 is 4.52 Å². The largest absolute Gasteiger partial charge is 0.359 e. The van der Waals surface area contributed by atoms with Gasteiger partial charge in [0.05, 0.1) is 6.54 Å². The maximum absolute atomic E-state index is 5.57. The Kier molecular flexibility index (Phi) is 4.61. The molecule has 3 aromatic rings. The predicted octanol–water partition coefficient (Wildman–Crippen LogP) is 3.15. The average molecular weight is 337 g/mol. The molecule has 2 aromatic heterocycles. The molecule has 4 rings (SSSR count). The number of piperidine rings is 1. The molecule has 1 fully saturated rings. The van der Waals surface area contributed by atoms with Crippen LogP contribution in [-0.4, -0.2) is 37.9 Å².